The van der Waals surface area contributed by atoms with Crippen molar-refractivity contribution in [1.82, 2.24) is 0 Å². The highest BCUT2D eigenvalue weighted by atomic mass is 16.7. The first-order valence-corrected chi connectivity index (χ1v) is 3.73. The van der Waals surface area contributed by atoms with Crippen molar-refractivity contribution in [3.63, 3.8) is 0 Å². The van der Waals surface area contributed by atoms with Gasteiger partial charge in [0.1, 0.15) is 12.9 Å². The second-order valence-electron chi connectivity index (χ2n) is 2.54. The molecule has 1 aliphatic rings. The van der Waals surface area contributed by atoms with Crippen molar-refractivity contribution >= 4 is 5.97 Å². The minimum atomic E-state index is -0.312. The van der Waals surface area contributed by atoms with Gasteiger partial charge in [-0.25, -0.2) is 4.79 Å². The van der Waals surface area contributed by atoms with Crippen LogP contribution >= 0.6 is 0 Å². The maximum absolute atomic E-state index is 10.6. The average Bonchev–Trinajstić information content (AvgIpc) is 2.47. The van der Waals surface area contributed by atoms with E-state index in [1.165, 1.54) is 6.08 Å². The number of rotatable bonds is 4. The van der Waals surface area contributed by atoms with Gasteiger partial charge in [0, 0.05) is 13.2 Å². The molecule has 0 fully saturated rings. The fourth-order valence-electron chi connectivity index (χ4n) is 0.909. The first-order valence-electron chi connectivity index (χ1n) is 3.73. The van der Waals surface area contributed by atoms with Crippen LogP contribution < -0.4 is 0 Å². The Morgan fingerprint density at radius 1 is 1.75 bits per heavy atom. The van der Waals surface area contributed by atoms with Gasteiger partial charge in [-0.15, -0.1) is 0 Å². The van der Waals surface area contributed by atoms with Gasteiger partial charge in [0.05, 0.1) is 6.10 Å². The van der Waals surface area contributed by atoms with Gasteiger partial charge in [-0.3, -0.25) is 0 Å². The van der Waals surface area contributed by atoms with Crippen molar-refractivity contribution in [2.75, 3.05) is 13.9 Å². The second kappa shape index (κ2) is 4.23. The van der Waals surface area contributed by atoms with Crippen LogP contribution in [0.15, 0.2) is 12.2 Å². The van der Waals surface area contributed by atoms with Gasteiger partial charge < -0.3 is 14.2 Å². The number of carbonyl (C=O) groups excluding carboxylic acids is 1. The molecule has 0 N–H and O–H groups in total. The molecule has 0 radical (unpaired) electrons. The normalized spacial score (nSPS) is 24.2. The quantitative estimate of drug-likeness (QED) is 0.457. The Bertz CT molecular complexity index is 187. The minimum Gasteiger partial charge on any atom is -0.452 e. The van der Waals surface area contributed by atoms with Gasteiger partial charge in [0.15, 0.2) is 0 Å². The lowest BCUT2D eigenvalue weighted by atomic mass is 10.2. The van der Waals surface area contributed by atoms with Gasteiger partial charge in [-0.2, -0.15) is 0 Å². The van der Waals surface area contributed by atoms with Crippen LogP contribution in [-0.4, -0.2) is 32.1 Å². The molecule has 0 aliphatic carbocycles. The molecule has 0 amide bonds. The Morgan fingerprint density at radius 3 is 3.00 bits per heavy atom. The van der Waals surface area contributed by atoms with Crippen molar-refractivity contribution in [2.45, 2.75) is 19.1 Å². The topological polar surface area (TPSA) is 44.8 Å². The molecule has 2 atom stereocenters. The van der Waals surface area contributed by atoms with Crippen LogP contribution in [0.1, 0.15) is 6.92 Å². The zero-order chi connectivity index (χ0) is 8.97. The first kappa shape index (κ1) is 9.22. The van der Waals surface area contributed by atoms with Crippen LogP contribution in [0.25, 0.3) is 0 Å². The second-order valence-corrected chi connectivity index (χ2v) is 2.54. The fourth-order valence-corrected chi connectivity index (χ4v) is 0.909. The third-order valence-corrected chi connectivity index (χ3v) is 1.59. The third-order valence-electron chi connectivity index (χ3n) is 1.59. The molecular formula is C8H12O4. The molecule has 0 spiro atoms. The van der Waals surface area contributed by atoms with Gasteiger partial charge in [-0.1, -0.05) is 0 Å². The number of cyclic esters (lactones) is 1. The van der Waals surface area contributed by atoms with E-state index in [2.05, 4.69) is 0 Å². The fraction of sp³-hybridized carbons (Fsp3) is 0.625. The average molecular weight is 172 g/mol. The smallest absolute Gasteiger partial charge is 0.331 e. The highest BCUT2D eigenvalue weighted by Gasteiger charge is 2.23. The van der Waals surface area contributed by atoms with Crippen molar-refractivity contribution in [3.05, 3.63) is 12.2 Å². The summed E-state index contributed by atoms with van der Waals surface area (Å²) in [6.07, 6.45) is 2.65. The molecule has 0 bridgehead atoms. The van der Waals surface area contributed by atoms with Crippen molar-refractivity contribution in [1.29, 1.82) is 0 Å². The lowest BCUT2D eigenvalue weighted by Gasteiger charge is -2.16. The van der Waals surface area contributed by atoms with E-state index in [-0.39, 0.29) is 25.0 Å². The van der Waals surface area contributed by atoms with E-state index in [0.717, 1.165) is 0 Å². The van der Waals surface area contributed by atoms with E-state index in [9.17, 15) is 4.79 Å². The van der Waals surface area contributed by atoms with Gasteiger partial charge in [0.25, 0.3) is 0 Å². The summed E-state index contributed by atoms with van der Waals surface area (Å²) in [5.41, 5.74) is 0. The van der Waals surface area contributed by atoms with E-state index in [1.807, 2.05) is 6.92 Å². The van der Waals surface area contributed by atoms with Crippen LogP contribution in [0.4, 0.5) is 0 Å². The van der Waals surface area contributed by atoms with E-state index in [1.54, 1.807) is 13.2 Å². The summed E-state index contributed by atoms with van der Waals surface area (Å²) in [6, 6.07) is 0. The Balaban J connectivity index is 2.28. The molecule has 4 nitrogen and oxygen atoms in total. The maximum atomic E-state index is 10.6. The van der Waals surface area contributed by atoms with E-state index >= 15 is 0 Å². The van der Waals surface area contributed by atoms with Crippen LogP contribution in [0, 0.1) is 0 Å². The molecule has 0 aromatic rings. The molecule has 0 aromatic carbocycles. The van der Waals surface area contributed by atoms with Crippen molar-refractivity contribution in [2.24, 2.45) is 0 Å². The summed E-state index contributed by atoms with van der Waals surface area (Å²) in [6.45, 7) is 2.04. The van der Waals surface area contributed by atoms with E-state index < -0.39 is 0 Å². The summed E-state index contributed by atoms with van der Waals surface area (Å²) >= 11 is 0. The number of ether oxygens (including phenoxy) is 3. The summed E-state index contributed by atoms with van der Waals surface area (Å²) in [7, 11) is 1.54. The van der Waals surface area contributed by atoms with Crippen LogP contribution in [0.5, 0.6) is 0 Å². The SMILES string of the molecule is COCO[C@@H](C)[C@H]1C=CC(=O)O1. The number of methoxy groups -OCH3 is 1. The lowest BCUT2D eigenvalue weighted by Crippen LogP contribution is -2.26. The maximum Gasteiger partial charge on any atom is 0.331 e. The molecule has 0 aromatic heterocycles. The third kappa shape index (κ3) is 2.32. The number of carbonyl (C=O) groups is 1. The van der Waals surface area contributed by atoms with Gasteiger partial charge in [0.2, 0.25) is 0 Å². The van der Waals surface area contributed by atoms with Gasteiger partial charge >= 0.3 is 5.97 Å². The standard InChI is InChI=1S/C8H12O4/c1-6(11-5-10-2)7-3-4-8(9)12-7/h3-4,6-7H,5H2,1-2H3/t6-,7+/m0/s1. The monoisotopic (exact) mass is 172 g/mol. The van der Waals surface area contributed by atoms with Crippen LogP contribution in [0.3, 0.4) is 0 Å². The molecule has 1 aliphatic heterocycles. The zero-order valence-electron chi connectivity index (χ0n) is 7.15. The number of hydrogen-bond acceptors (Lipinski definition) is 4. The summed E-state index contributed by atoms with van der Waals surface area (Å²) < 4.78 is 14.8. The molecule has 1 rings (SSSR count). The Labute approximate surface area is 71.1 Å². The molecule has 0 unspecified atom stereocenters. The Morgan fingerprint density at radius 2 is 2.50 bits per heavy atom. The molecule has 68 valence electrons. The summed E-state index contributed by atoms with van der Waals surface area (Å²) in [5, 5.41) is 0. The van der Waals surface area contributed by atoms with Crippen molar-refractivity contribution < 1.29 is 19.0 Å². The molecule has 12 heavy (non-hydrogen) atoms. The predicted octanol–water partition coefficient (Wildman–Crippen LogP) is 0.477. The Kier molecular flexibility index (Phi) is 3.25. The summed E-state index contributed by atoms with van der Waals surface area (Å²) in [4.78, 5) is 10.6. The minimum absolute atomic E-state index is 0.160. The number of esters is 1. The summed E-state index contributed by atoms with van der Waals surface area (Å²) in [5.74, 6) is -0.312. The first-order chi connectivity index (χ1) is 5.74. The largest absolute Gasteiger partial charge is 0.452 e. The van der Waals surface area contributed by atoms with E-state index in [0.29, 0.717) is 0 Å². The van der Waals surface area contributed by atoms with E-state index in [4.69, 9.17) is 14.2 Å². The molecule has 0 saturated carbocycles. The lowest BCUT2D eigenvalue weighted by molar-refractivity contribution is -0.149. The van der Waals surface area contributed by atoms with Crippen molar-refractivity contribution in [3.8, 4) is 0 Å². The number of hydrogen-bond donors (Lipinski definition) is 0. The highest BCUT2D eigenvalue weighted by Crippen LogP contribution is 2.11. The highest BCUT2D eigenvalue weighted by molar-refractivity contribution is 5.84. The van der Waals surface area contributed by atoms with Crippen LogP contribution in [-0.2, 0) is 19.0 Å². The molecule has 1 heterocycles. The Hall–Kier alpha value is -0.870. The zero-order valence-corrected chi connectivity index (χ0v) is 7.15. The molecule has 4 heteroatoms. The molecular weight excluding hydrogens is 160 g/mol. The van der Waals surface area contributed by atoms with Gasteiger partial charge in [-0.05, 0) is 13.0 Å². The van der Waals surface area contributed by atoms with Crippen LogP contribution in [0.2, 0.25) is 0 Å². The predicted molar refractivity (Wildman–Crippen MR) is 41.4 cm³/mol. The molecule has 0 saturated heterocycles.